The first-order valence-corrected chi connectivity index (χ1v) is 13.0. The van der Waals surface area contributed by atoms with Gasteiger partial charge in [0.05, 0.1) is 12.9 Å². The van der Waals surface area contributed by atoms with Gasteiger partial charge >= 0.3 is 0 Å². The predicted molar refractivity (Wildman–Crippen MR) is 135 cm³/mol. The lowest BCUT2D eigenvalue weighted by Gasteiger charge is -2.17. The molecule has 0 radical (unpaired) electrons. The molecule has 0 unspecified atom stereocenters. The third-order valence-corrected chi connectivity index (χ3v) is 5.56. The normalized spacial score (nSPS) is 11.3. The number of ether oxygens (including phenoxy) is 1. The number of nitrogens with one attached hydrogen (secondary N) is 2. The van der Waals surface area contributed by atoms with Gasteiger partial charge in [-0.2, -0.15) is 0 Å². The number of rotatable bonds is 12. The van der Waals surface area contributed by atoms with Crippen LogP contribution in [0, 0.1) is 0 Å². The summed E-state index contributed by atoms with van der Waals surface area (Å²) in [6, 6.07) is 24.8. The van der Waals surface area contributed by atoms with Gasteiger partial charge in [0.2, 0.25) is 10.0 Å². The molecule has 3 aromatic rings. The molecule has 3 aromatic carbocycles. The summed E-state index contributed by atoms with van der Waals surface area (Å²) in [6.07, 6.45) is 1.71. The lowest BCUT2D eigenvalue weighted by molar-refractivity contribution is 0.0951. The van der Waals surface area contributed by atoms with Crippen molar-refractivity contribution in [1.29, 1.82) is 0 Å². The first-order valence-electron chi connectivity index (χ1n) is 11.1. The van der Waals surface area contributed by atoms with E-state index in [1.807, 2.05) is 36.4 Å². The van der Waals surface area contributed by atoms with Crippen LogP contribution in [0.5, 0.6) is 5.75 Å². The standard InChI is InChI=1S/C26H31N3O4S/c1-29(19-21-9-4-3-5-10-21)20-22-11-6-14-25(17-22)33-16-8-15-27-26(30)23-12-7-13-24(18-23)28-34(2,31)32/h3-7,9-14,17-18,28H,8,15-16,19-20H2,1-2H3,(H,27,30). The van der Waals surface area contributed by atoms with E-state index in [1.54, 1.807) is 18.2 Å². The van der Waals surface area contributed by atoms with Crippen molar-refractivity contribution in [2.75, 3.05) is 31.2 Å². The molecule has 8 heteroatoms. The Labute approximate surface area is 201 Å². The fraction of sp³-hybridized carbons (Fsp3) is 0.269. The monoisotopic (exact) mass is 481 g/mol. The van der Waals surface area contributed by atoms with Crippen LogP contribution in [0.3, 0.4) is 0 Å². The fourth-order valence-corrected chi connectivity index (χ4v) is 4.06. The van der Waals surface area contributed by atoms with Gasteiger partial charge in [0.25, 0.3) is 5.91 Å². The molecule has 0 saturated heterocycles. The molecule has 0 aliphatic carbocycles. The molecule has 180 valence electrons. The van der Waals surface area contributed by atoms with Gasteiger partial charge in [0.15, 0.2) is 0 Å². The molecule has 0 aliphatic rings. The zero-order valence-corrected chi connectivity index (χ0v) is 20.3. The minimum absolute atomic E-state index is 0.263. The van der Waals surface area contributed by atoms with Gasteiger partial charge in [-0.05, 0) is 54.9 Å². The average Bonchev–Trinajstić information content (AvgIpc) is 2.78. The third kappa shape index (κ3) is 8.88. The SMILES string of the molecule is CN(Cc1ccccc1)Cc1cccc(OCCCNC(=O)c2cccc(NS(C)(=O)=O)c2)c1. The van der Waals surface area contributed by atoms with Crippen LogP contribution in [-0.2, 0) is 23.1 Å². The van der Waals surface area contributed by atoms with Gasteiger partial charge in [-0.1, -0.05) is 48.5 Å². The van der Waals surface area contributed by atoms with Crippen LogP contribution in [0.4, 0.5) is 5.69 Å². The van der Waals surface area contributed by atoms with Crippen molar-refractivity contribution in [2.45, 2.75) is 19.5 Å². The van der Waals surface area contributed by atoms with E-state index < -0.39 is 10.0 Å². The summed E-state index contributed by atoms with van der Waals surface area (Å²) in [5.41, 5.74) is 3.19. The Morgan fingerprint density at radius 1 is 0.912 bits per heavy atom. The van der Waals surface area contributed by atoms with Crippen LogP contribution in [0.2, 0.25) is 0 Å². The topological polar surface area (TPSA) is 87.7 Å². The number of carbonyl (C=O) groups is 1. The highest BCUT2D eigenvalue weighted by atomic mass is 32.2. The van der Waals surface area contributed by atoms with Crippen molar-refractivity contribution in [3.63, 3.8) is 0 Å². The summed E-state index contributed by atoms with van der Waals surface area (Å²) in [5, 5.41) is 2.83. The quantitative estimate of drug-likeness (QED) is 0.383. The molecule has 0 atom stereocenters. The smallest absolute Gasteiger partial charge is 0.251 e. The third-order valence-electron chi connectivity index (χ3n) is 4.95. The summed E-state index contributed by atoms with van der Waals surface area (Å²) >= 11 is 0. The molecule has 3 rings (SSSR count). The lowest BCUT2D eigenvalue weighted by atomic mass is 10.1. The highest BCUT2D eigenvalue weighted by molar-refractivity contribution is 7.92. The van der Waals surface area contributed by atoms with E-state index in [9.17, 15) is 13.2 Å². The number of anilines is 1. The van der Waals surface area contributed by atoms with E-state index in [2.05, 4.69) is 40.2 Å². The number of hydrogen-bond acceptors (Lipinski definition) is 5. The Morgan fingerprint density at radius 3 is 2.38 bits per heavy atom. The molecule has 7 nitrogen and oxygen atoms in total. The van der Waals surface area contributed by atoms with Gasteiger partial charge in [-0.3, -0.25) is 14.4 Å². The second-order valence-corrected chi connectivity index (χ2v) is 9.97. The molecule has 0 bridgehead atoms. The van der Waals surface area contributed by atoms with Gasteiger partial charge in [0.1, 0.15) is 5.75 Å². The number of hydrogen-bond donors (Lipinski definition) is 2. The molecule has 0 saturated carbocycles. The van der Waals surface area contributed by atoms with Crippen molar-refractivity contribution in [3.05, 3.63) is 95.6 Å². The second-order valence-electron chi connectivity index (χ2n) is 8.22. The highest BCUT2D eigenvalue weighted by Crippen LogP contribution is 2.16. The predicted octanol–water partition coefficient (Wildman–Crippen LogP) is 3.89. The highest BCUT2D eigenvalue weighted by Gasteiger charge is 2.08. The fourth-order valence-electron chi connectivity index (χ4n) is 3.50. The van der Waals surface area contributed by atoms with E-state index in [1.165, 1.54) is 17.2 Å². The minimum Gasteiger partial charge on any atom is -0.494 e. The number of benzene rings is 3. The first kappa shape index (κ1) is 25.3. The average molecular weight is 482 g/mol. The van der Waals surface area contributed by atoms with Crippen molar-refractivity contribution in [3.8, 4) is 5.75 Å². The summed E-state index contributed by atoms with van der Waals surface area (Å²) in [4.78, 5) is 14.6. The van der Waals surface area contributed by atoms with E-state index in [0.717, 1.165) is 25.1 Å². The van der Waals surface area contributed by atoms with Crippen LogP contribution in [0.15, 0.2) is 78.9 Å². The zero-order valence-electron chi connectivity index (χ0n) is 19.5. The van der Waals surface area contributed by atoms with Gasteiger partial charge in [0, 0.05) is 30.9 Å². The Bertz CT molecular complexity index is 1180. The van der Waals surface area contributed by atoms with Gasteiger partial charge in [-0.15, -0.1) is 0 Å². The van der Waals surface area contributed by atoms with E-state index in [-0.39, 0.29) is 5.91 Å². The van der Waals surface area contributed by atoms with Crippen LogP contribution in [-0.4, -0.2) is 45.7 Å². The van der Waals surface area contributed by atoms with Crippen LogP contribution < -0.4 is 14.8 Å². The number of nitrogens with zero attached hydrogens (tertiary/aromatic N) is 1. The Balaban J connectivity index is 1.40. The molecule has 0 aromatic heterocycles. The van der Waals surface area contributed by atoms with Crippen molar-refractivity contribution in [2.24, 2.45) is 0 Å². The minimum atomic E-state index is -3.40. The van der Waals surface area contributed by atoms with Gasteiger partial charge in [-0.25, -0.2) is 8.42 Å². The maximum Gasteiger partial charge on any atom is 0.251 e. The number of carbonyl (C=O) groups excluding carboxylic acids is 1. The maximum absolute atomic E-state index is 12.3. The lowest BCUT2D eigenvalue weighted by Crippen LogP contribution is -2.25. The Hall–Kier alpha value is -3.36. The van der Waals surface area contributed by atoms with Crippen LogP contribution in [0.1, 0.15) is 27.9 Å². The van der Waals surface area contributed by atoms with E-state index in [0.29, 0.717) is 30.8 Å². The largest absolute Gasteiger partial charge is 0.494 e. The Morgan fingerprint density at radius 2 is 1.62 bits per heavy atom. The maximum atomic E-state index is 12.3. The van der Waals surface area contributed by atoms with Crippen LogP contribution >= 0.6 is 0 Å². The molecule has 34 heavy (non-hydrogen) atoms. The zero-order chi connectivity index (χ0) is 24.4. The van der Waals surface area contributed by atoms with Crippen molar-refractivity contribution >= 4 is 21.6 Å². The summed E-state index contributed by atoms with van der Waals surface area (Å²) in [5.74, 6) is 0.539. The molecule has 0 fully saturated rings. The summed E-state index contributed by atoms with van der Waals surface area (Å²) in [7, 11) is -1.30. The molecule has 2 N–H and O–H groups in total. The summed E-state index contributed by atoms with van der Waals surface area (Å²) < 4.78 is 31.0. The molecule has 0 spiro atoms. The van der Waals surface area contributed by atoms with Crippen molar-refractivity contribution < 1.29 is 17.9 Å². The molecular weight excluding hydrogens is 450 g/mol. The van der Waals surface area contributed by atoms with E-state index in [4.69, 9.17) is 4.74 Å². The molecular formula is C26H31N3O4S. The number of amides is 1. The second kappa shape index (κ2) is 12.2. The molecule has 1 amide bonds. The van der Waals surface area contributed by atoms with Crippen LogP contribution in [0.25, 0.3) is 0 Å². The molecule has 0 heterocycles. The van der Waals surface area contributed by atoms with Gasteiger partial charge < -0.3 is 10.1 Å². The first-order chi connectivity index (χ1) is 16.3. The molecule has 0 aliphatic heterocycles. The Kier molecular flexibility index (Phi) is 9.07. The number of sulfonamides is 1. The van der Waals surface area contributed by atoms with Crippen molar-refractivity contribution in [1.82, 2.24) is 10.2 Å². The summed E-state index contributed by atoms with van der Waals surface area (Å²) in [6.45, 7) is 2.61. The van der Waals surface area contributed by atoms with E-state index >= 15 is 0 Å².